The van der Waals surface area contributed by atoms with Crippen LogP contribution in [0, 0.1) is 0 Å². The van der Waals surface area contributed by atoms with Gasteiger partial charge in [-0.15, -0.1) is 11.8 Å². The van der Waals surface area contributed by atoms with Crippen molar-refractivity contribution < 1.29 is 4.79 Å². The van der Waals surface area contributed by atoms with Crippen molar-refractivity contribution >= 4 is 23.5 Å². The summed E-state index contributed by atoms with van der Waals surface area (Å²) in [6.45, 7) is 0. The number of imidazole rings is 1. The molecule has 0 unspecified atom stereocenters. The van der Waals surface area contributed by atoms with Gasteiger partial charge in [0.15, 0.2) is 0 Å². The minimum Gasteiger partial charge on any atom is -0.310 e. The van der Waals surface area contributed by atoms with Gasteiger partial charge in [0.05, 0.1) is 5.75 Å². The Balaban J connectivity index is 1.56. The molecule has 1 aliphatic rings. The van der Waals surface area contributed by atoms with Crippen LogP contribution < -0.4 is 5.32 Å². The number of carbonyl (C=O) groups is 1. The van der Waals surface area contributed by atoms with Gasteiger partial charge in [-0.2, -0.15) is 0 Å². The molecule has 1 aliphatic carbocycles. The maximum atomic E-state index is 12.0. The monoisotopic (exact) mass is 303 g/mol. The Kier molecular flexibility index (Phi) is 4.49. The fourth-order valence-electron chi connectivity index (χ4n) is 2.38. The van der Waals surface area contributed by atoms with E-state index in [2.05, 4.69) is 20.3 Å². The van der Waals surface area contributed by atoms with Crippen molar-refractivity contribution in [2.24, 2.45) is 0 Å². The van der Waals surface area contributed by atoms with Gasteiger partial charge < -0.3 is 5.32 Å². The van der Waals surface area contributed by atoms with Gasteiger partial charge in [0.1, 0.15) is 24.3 Å². The number of anilines is 1. The quantitative estimate of drug-likeness (QED) is 0.917. The summed E-state index contributed by atoms with van der Waals surface area (Å²) in [6, 6.07) is 1.74. The molecule has 1 fully saturated rings. The fourth-order valence-corrected chi connectivity index (χ4v) is 3.50. The van der Waals surface area contributed by atoms with Gasteiger partial charge in [0.2, 0.25) is 5.91 Å². The topological polar surface area (TPSA) is 72.7 Å². The Morgan fingerprint density at radius 2 is 2.24 bits per heavy atom. The van der Waals surface area contributed by atoms with Crippen molar-refractivity contribution in [1.82, 2.24) is 19.5 Å². The third-order valence-electron chi connectivity index (χ3n) is 3.44. The first-order valence-electron chi connectivity index (χ1n) is 7.03. The van der Waals surface area contributed by atoms with Crippen LogP contribution in [0.4, 0.5) is 5.82 Å². The maximum absolute atomic E-state index is 12.0. The van der Waals surface area contributed by atoms with Gasteiger partial charge >= 0.3 is 0 Å². The van der Waals surface area contributed by atoms with E-state index in [4.69, 9.17) is 0 Å². The minimum atomic E-state index is -0.0119. The highest BCUT2D eigenvalue weighted by Gasteiger charge is 2.16. The van der Waals surface area contributed by atoms with E-state index in [1.165, 1.54) is 32.0 Å². The lowest BCUT2D eigenvalue weighted by Gasteiger charge is -2.09. The van der Waals surface area contributed by atoms with Crippen molar-refractivity contribution in [3.63, 3.8) is 0 Å². The smallest absolute Gasteiger partial charge is 0.235 e. The molecule has 7 heteroatoms. The molecule has 0 aliphatic heterocycles. The number of carbonyl (C=O) groups excluding carboxylic acids is 1. The molecule has 2 heterocycles. The molecular weight excluding hydrogens is 286 g/mol. The summed E-state index contributed by atoms with van der Waals surface area (Å²) in [7, 11) is 0. The second-order valence-electron chi connectivity index (χ2n) is 5.00. The highest BCUT2D eigenvalue weighted by molar-refractivity contribution is 8.00. The molecular formula is C14H17N5OS. The van der Waals surface area contributed by atoms with Gasteiger partial charge in [-0.05, 0) is 12.8 Å². The van der Waals surface area contributed by atoms with E-state index in [-0.39, 0.29) is 5.91 Å². The standard InChI is InChI=1S/C14H17N5OS/c20-14(8-21-11-3-1-2-4-11)18-12-7-13(17-9-16-12)19-6-5-15-10-19/h5-7,9-11H,1-4,8H2,(H,16,17,18,20). The Morgan fingerprint density at radius 3 is 3.00 bits per heavy atom. The molecule has 2 aromatic rings. The largest absolute Gasteiger partial charge is 0.310 e. The lowest BCUT2D eigenvalue weighted by Crippen LogP contribution is -2.17. The van der Waals surface area contributed by atoms with Gasteiger partial charge in [0.25, 0.3) is 0 Å². The third kappa shape index (κ3) is 3.81. The average Bonchev–Trinajstić information content (AvgIpc) is 3.19. The van der Waals surface area contributed by atoms with E-state index in [1.807, 2.05) is 0 Å². The zero-order chi connectivity index (χ0) is 14.5. The normalized spacial score (nSPS) is 15.2. The number of thioether (sulfide) groups is 1. The van der Waals surface area contributed by atoms with Crippen molar-refractivity contribution in [2.45, 2.75) is 30.9 Å². The minimum absolute atomic E-state index is 0.0119. The van der Waals surface area contributed by atoms with Gasteiger partial charge in [0, 0.05) is 23.7 Å². The summed E-state index contributed by atoms with van der Waals surface area (Å²) in [5.41, 5.74) is 0. The lowest BCUT2D eigenvalue weighted by atomic mass is 10.4. The molecule has 3 rings (SSSR count). The first kappa shape index (κ1) is 14.1. The number of rotatable bonds is 5. The van der Waals surface area contributed by atoms with Crippen LogP contribution >= 0.6 is 11.8 Å². The molecule has 0 atom stereocenters. The van der Waals surface area contributed by atoms with E-state index in [1.54, 1.807) is 41.1 Å². The Labute approximate surface area is 127 Å². The van der Waals surface area contributed by atoms with Crippen molar-refractivity contribution in [3.05, 3.63) is 31.1 Å². The van der Waals surface area contributed by atoms with Crippen LogP contribution in [0.3, 0.4) is 0 Å². The van der Waals surface area contributed by atoms with Crippen LogP contribution in [0.2, 0.25) is 0 Å². The van der Waals surface area contributed by atoms with E-state index in [0.29, 0.717) is 22.6 Å². The van der Waals surface area contributed by atoms with E-state index >= 15 is 0 Å². The molecule has 0 bridgehead atoms. The highest BCUT2D eigenvalue weighted by atomic mass is 32.2. The molecule has 2 aromatic heterocycles. The molecule has 0 spiro atoms. The van der Waals surface area contributed by atoms with E-state index in [0.717, 1.165) is 0 Å². The SMILES string of the molecule is O=C(CSC1CCCC1)Nc1cc(-n2ccnc2)ncn1. The number of aromatic nitrogens is 4. The fraction of sp³-hybridized carbons (Fsp3) is 0.429. The van der Waals surface area contributed by atoms with Gasteiger partial charge in [-0.1, -0.05) is 12.8 Å². The summed E-state index contributed by atoms with van der Waals surface area (Å²) in [5.74, 6) is 1.67. The van der Waals surface area contributed by atoms with Crippen molar-refractivity contribution in [3.8, 4) is 5.82 Å². The zero-order valence-corrected chi connectivity index (χ0v) is 12.4. The van der Waals surface area contributed by atoms with Crippen molar-refractivity contribution in [1.29, 1.82) is 0 Å². The molecule has 1 N–H and O–H groups in total. The summed E-state index contributed by atoms with van der Waals surface area (Å²) >= 11 is 1.74. The summed E-state index contributed by atoms with van der Waals surface area (Å²) in [5, 5.41) is 3.46. The molecule has 1 amide bonds. The van der Waals surface area contributed by atoms with Crippen LogP contribution in [-0.2, 0) is 4.79 Å². The third-order valence-corrected chi connectivity index (χ3v) is 4.81. The molecule has 6 nitrogen and oxygen atoms in total. The Morgan fingerprint density at radius 1 is 1.38 bits per heavy atom. The van der Waals surface area contributed by atoms with Crippen molar-refractivity contribution in [2.75, 3.05) is 11.1 Å². The molecule has 21 heavy (non-hydrogen) atoms. The molecule has 0 aromatic carbocycles. The number of nitrogens with zero attached hydrogens (tertiary/aromatic N) is 4. The Bertz CT molecular complexity index is 595. The summed E-state index contributed by atoms with van der Waals surface area (Å²) in [6.07, 6.45) is 11.6. The Hall–Kier alpha value is -1.89. The number of hydrogen-bond acceptors (Lipinski definition) is 5. The molecule has 0 saturated heterocycles. The van der Waals surface area contributed by atoms with E-state index in [9.17, 15) is 4.79 Å². The van der Waals surface area contributed by atoms with Crippen LogP contribution in [0.1, 0.15) is 25.7 Å². The predicted octanol–water partition coefficient (Wildman–Crippen LogP) is 2.28. The maximum Gasteiger partial charge on any atom is 0.235 e. The highest BCUT2D eigenvalue weighted by Crippen LogP contribution is 2.29. The second-order valence-corrected chi connectivity index (χ2v) is 6.29. The second kappa shape index (κ2) is 6.71. The molecule has 110 valence electrons. The van der Waals surface area contributed by atoms with Crippen LogP contribution in [0.25, 0.3) is 5.82 Å². The molecule has 1 saturated carbocycles. The van der Waals surface area contributed by atoms with Gasteiger partial charge in [-0.3, -0.25) is 9.36 Å². The van der Waals surface area contributed by atoms with Crippen LogP contribution in [-0.4, -0.2) is 36.4 Å². The van der Waals surface area contributed by atoms with E-state index < -0.39 is 0 Å². The van der Waals surface area contributed by atoms with Gasteiger partial charge in [-0.25, -0.2) is 15.0 Å². The first-order valence-corrected chi connectivity index (χ1v) is 8.08. The zero-order valence-electron chi connectivity index (χ0n) is 11.6. The summed E-state index contributed by atoms with van der Waals surface area (Å²) < 4.78 is 1.77. The number of hydrogen-bond donors (Lipinski definition) is 1. The lowest BCUT2D eigenvalue weighted by molar-refractivity contribution is -0.113. The first-order chi connectivity index (χ1) is 10.3. The molecule has 0 radical (unpaired) electrons. The average molecular weight is 303 g/mol. The number of nitrogens with one attached hydrogen (secondary N) is 1. The van der Waals surface area contributed by atoms with Crippen LogP contribution in [0.15, 0.2) is 31.1 Å². The van der Waals surface area contributed by atoms with Crippen LogP contribution in [0.5, 0.6) is 0 Å². The number of amides is 1. The predicted molar refractivity (Wildman–Crippen MR) is 82.5 cm³/mol. The summed E-state index contributed by atoms with van der Waals surface area (Å²) in [4.78, 5) is 24.2.